The molecule has 158 valence electrons. The Morgan fingerprint density at radius 1 is 1.03 bits per heavy atom. The maximum Gasteiger partial charge on any atom is 0.180 e. The van der Waals surface area contributed by atoms with E-state index >= 15 is 0 Å². The standard InChI is InChI=1S/C23H30Cl2N2O2/c1-4-28-22-13-17(12-20(25)23(22)29-16(2)3)15-26-18-8-9-21(19(24)14-18)27-10-6-5-7-11-27/h8-9,12-14,16,26H,4-7,10-11,15H2,1-3H3. The van der Waals surface area contributed by atoms with Gasteiger partial charge in [-0.25, -0.2) is 0 Å². The van der Waals surface area contributed by atoms with Crippen molar-refractivity contribution < 1.29 is 9.47 Å². The third kappa shape index (κ3) is 5.86. The number of hydrogen-bond acceptors (Lipinski definition) is 4. The maximum atomic E-state index is 6.57. The first-order valence-electron chi connectivity index (χ1n) is 10.4. The van der Waals surface area contributed by atoms with Gasteiger partial charge in [-0.15, -0.1) is 0 Å². The average molecular weight is 437 g/mol. The molecule has 0 aromatic heterocycles. The zero-order valence-corrected chi connectivity index (χ0v) is 18.9. The molecule has 0 amide bonds. The Hall–Kier alpha value is -1.78. The number of nitrogens with one attached hydrogen (secondary N) is 1. The summed E-state index contributed by atoms with van der Waals surface area (Å²) < 4.78 is 11.6. The molecule has 1 fully saturated rings. The Morgan fingerprint density at radius 3 is 2.45 bits per heavy atom. The van der Waals surface area contributed by atoms with E-state index in [4.69, 9.17) is 32.7 Å². The first-order chi connectivity index (χ1) is 14.0. The molecular weight excluding hydrogens is 407 g/mol. The van der Waals surface area contributed by atoms with Crippen LogP contribution in [0.5, 0.6) is 11.5 Å². The van der Waals surface area contributed by atoms with Gasteiger partial charge in [0.2, 0.25) is 0 Å². The molecule has 1 saturated heterocycles. The lowest BCUT2D eigenvalue weighted by atomic mass is 10.1. The second kappa shape index (κ2) is 10.3. The van der Waals surface area contributed by atoms with E-state index in [1.807, 2.05) is 39.0 Å². The van der Waals surface area contributed by atoms with Crippen molar-refractivity contribution in [2.45, 2.75) is 52.7 Å². The lowest BCUT2D eigenvalue weighted by Gasteiger charge is -2.29. The topological polar surface area (TPSA) is 33.7 Å². The molecule has 3 rings (SSSR count). The van der Waals surface area contributed by atoms with Gasteiger partial charge in [0.15, 0.2) is 11.5 Å². The van der Waals surface area contributed by atoms with E-state index in [2.05, 4.69) is 22.3 Å². The second-order valence-corrected chi connectivity index (χ2v) is 8.39. The summed E-state index contributed by atoms with van der Waals surface area (Å²) in [6, 6.07) is 10.1. The molecular formula is C23H30Cl2N2O2. The maximum absolute atomic E-state index is 6.57. The fraction of sp³-hybridized carbons (Fsp3) is 0.478. The van der Waals surface area contributed by atoms with Crippen LogP contribution in [0.1, 0.15) is 45.6 Å². The van der Waals surface area contributed by atoms with E-state index in [-0.39, 0.29) is 6.10 Å². The fourth-order valence-electron chi connectivity index (χ4n) is 3.55. The summed E-state index contributed by atoms with van der Waals surface area (Å²) in [4.78, 5) is 2.37. The van der Waals surface area contributed by atoms with Gasteiger partial charge < -0.3 is 19.7 Å². The summed E-state index contributed by atoms with van der Waals surface area (Å²) in [5.41, 5.74) is 3.12. The molecule has 0 atom stereocenters. The molecule has 0 spiro atoms. The highest BCUT2D eigenvalue weighted by Crippen LogP contribution is 2.38. The first kappa shape index (κ1) is 21.9. The van der Waals surface area contributed by atoms with E-state index in [1.54, 1.807) is 0 Å². The smallest absolute Gasteiger partial charge is 0.180 e. The van der Waals surface area contributed by atoms with Crippen LogP contribution in [-0.2, 0) is 6.54 Å². The fourth-order valence-corrected chi connectivity index (χ4v) is 4.13. The molecule has 2 aromatic rings. The average Bonchev–Trinajstić information content (AvgIpc) is 2.70. The molecule has 1 heterocycles. The minimum absolute atomic E-state index is 0.0243. The van der Waals surface area contributed by atoms with Gasteiger partial charge >= 0.3 is 0 Å². The summed E-state index contributed by atoms with van der Waals surface area (Å²) in [5, 5.41) is 4.77. The number of anilines is 2. The molecule has 0 radical (unpaired) electrons. The van der Waals surface area contributed by atoms with Crippen molar-refractivity contribution in [3.8, 4) is 11.5 Å². The summed E-state index contributed by atoms with van der Waals surface area (Å²) in [6.45, 7) is 9.21. The van der Waals surface area contributed by atoms with Crippen LogP contribution < -0.4 is 19.7 Å². The van der Waals surface area contributed by atoms with Crippen LogP contribution in [0.4, 0.5) is 11.4 Å². The number of hydrogen-bond donors (Lipinski definition) is 1. The summed E-state index contributed by atoms with van der Waals surface area (Å²) in [5.74, 6) is 1.27. The number of ether oxygens (including phenoxy) is 2. The lowest BCUT2D eigenvalue weighted by Crippen LogP contribution is -2.29. The first-order valence-corrected chi connectivity index (χ1v) is 11.1. The molecule has 0 unspecified atom stereocenters. The van der Waals surface area contributed by atoms with Crippen LogP contribution in [0.25, 0.3) is 0 Å². The quantitative estimate of drug-likeness (QED) is 0.494. The van der Waals surface area contributed by atoms with Crippen LogP contribution >= 0.6 is 23.2 Å². The molecule has 29 heavy (non-hydrogen) atoms. The minimum atomic E-state index is 0.0243. The number of halogens is 2. The molecule has 6 heteroatoms. The van der Waals surface area contributed by atoms with Crippen LogP contribution in [0.15, 0.2) is 30.3 Å². The third-order valence-corrected chi connectivity index (χ3v) is 5.45. The van der Waals surface area contributed by atoms with Gasteiger partial charge in [-0.2, -0.15) is 0 Å². The monoisotopic (exact) mass is 436 g/mol. The van der Waals surface area contributed by atoms with Gasteiger partial charge in [0, 0.05) is 25.3 Å². The van der Waals surface area contributed by atoms with Crippen molar-refractivity contribution in [3.63, 3.8) is 0 Å². The largest absolute Gasteiger partial charge is 0.490 e. The summed E-state index contributed by atoms with van der Waals surface area (Å²) in [7, 11) is 0. The van der Waals surface area contributed by atoms with Crippen molar-refractivity contribution in [2.24, 2.45) is 0 Å². The van der Waals surface area contributed by atoms with E-state index in [1.165, 1.54) is 19.3 Å². The number of piperidine rings is 1. The highest BCUT2D eigenvalue weighted by Gasteiger charge is 2.16. The molecule has 0 bridgehead atoms. The van der Waals surface area contributed by atoms with Crippen LogP contribution in [0.3, 0.4) is 0 Å². The Kier molecular flexibility index (Phi) is 7.79. The van der Waals surface area contributed by atoms with Gasteiger partial charge in [-0.05, 0) is 75.9 Å². The van der Waals surface area contributed by atoms with Gasteiger partial charge in [-0.3, -0.25) is 0 Å². The molecule has 4 nitrogen and oxygen atoms in total. The zero-order chi connectivity index (χ0) is 20.8. The van der Waals surface area contributed by atoms with E-state index in [0.29, 0.717) is 29.7 Å². The van der Waals surface area contributed by atoms with Gasteiger partial charge in [0.1, 0.15) is 0 Å². The highest BCUT2D eigenvalue weighted by atomic mass is 35.5. The highest BCUT2D eigenvalue weighted by molar-refractivity contribution is 6.33. The molecule has 1 N–H and O–H groups in total. The van der Waals surface area contributed by atoms with Crippen LogP contribution in [-0.4, -0.2) is 25.8 Å². The normalized spacial score (nSPS) is 14.2. The summed E-state index contributed by atoms with van der Waals surface area (Å²) in [6.07, 6.45) is 3.79. The van der Waals surface area contributed by atoms with Gasteiger partial charge in [0.25, 0.3) is 0 Å². The van der Waals surface area contributed by atoms with Gasteiger partial charge in [-0.1, -0.05) is 23.2 Å². The van der Waals surface area contributed by atoms with Crippen molar-refractivity contribution in [2.75, 3.05) is 29.9 Å². The number of rotatable bonds is 8. The van der Waals surface area contributed by atoms with Crippen LogP contribution in [0, 0.1) is 0 Å². The number of nitrogens with zero attached hydrogens (tertiary/aromatic N) is 1. The predicted molar refractivity (Wildman–Crippen MR) is 123 cm³/mol. The SMILES string of the molecule is CCOc1cc(CNc2ccc(N3CCCCC3)c(Cl)c2)cc(Cl)c1OC(C)C. The molecule has 0 aliphatic carbocycles. The molecule has 1 aliphatic heterocycles. The molecule has 2 aromatic carbocycles. The van der Waals surface area contributed by atoms with Crippen molar-refractivity contribution >= 4 is 34.6 Å². The van der Waals surface area contributed by atoms with Crippen molar-refractivity contribution in [3.05, 3.63) is 45.9 Å². The number of benzene rings is 2. The molecule has 0 saturated carbocycles. The van der Waals surface area contributed by atoms with Crippen LogP contribution in [0.2, 0.25) is 10.0 Å². The Bertz CT molecular complexity index is 821. The Balaban J connectivity index is 1.71. The van der Waals surface area contributed by atoms with E-state index in [0.717, 1.165) is 35.1 Å². The minimum Gasteiger partial charge on any atom is -0.490 e. The van der Waals surface area contributed by atoms with Gasteiger partial charge in [0.05, 0.1) is 28.4 Å². The summed E-state index contributed by atoms with van der Waals surface area (Å²) >= 11 is 13.0. The van der Waals surface area contributed by atoms with E-state index in [9.17, 15) is 0 Å². The zero-order valence-electron chi connectivity index (χ0n) is 17.4. The van der Waals surface area contributed by atoms with E-state index < -0.39 is 0 Å². The molecule has 1 aliphatic rings. The van der Waals surface area contributed by atoms with Crippen molar-refractivity contribution in [1.29, 1.82) is 0 Å². The van der Waals surface area contributed by atoms with Crippen molar-refractivity contribution in [1.82, 2.24) is 0 Å². The third-order valence-electron chi connectivity index (χ3n) is 4.86. The predicted octanol–water partition coefficient (Wildman–Crippen LogP) is 6.78. The Morgan fingerprint density at radius 2 is 1.79 bits per heavy atom. The second-order valence-electron chi connectivity index (χ2n) is 7.57. The lowest BCUT2D eigenvalue weighted by molar-refractivity contribution is 0.224. The Labute approximate surface area is 184 Å².